The van der Waals surface area contributed by atoms with Crippen LogP contribution in [0.4, 0.5) is 0 Å². The fourth-order valence-electron chi connectivity index (χ4n) is 2.84. The number of aryl methyl sites for hydroxylation is 1. The number of hydrogen-bond acceptors (Lipinski definition) is 2. The SMILES string of the molecule is COCC(C)Cn1c(C)cc2c1CCCC2O. The predicted molar refractivity (Wildman–Crippen MR) is 68.1 cm³/mol. The van der Waals surface area contributed by atoms with Gasteiger partial charge in [-0.1, -0.05) is 6.92 Å². The van der Waals surface area contributed by atoms with E-state index < -0.39 is 0 Å². The van der Waals surface area contributed by atoms with Gasteiger partial charge in [-0.2, -0.15) is 0 Å². The Hall–Kier alpha value is -0.800. The van der Waals surface area contributed by atoms with Crippen LogP contribution in [-0.4, -0.2) is 23.4 Å². The number of methoxy groups -OCH3 is 1. The summed E-state index contributed by atoms with van der Waals surface area (Å²) in [5.74, 6) is 0.509. The van der Waals surface area contributed by atoms with Gasteiger partial charge in [0.05, 0.1) is 12.7 Å². The highest BCUT2D eigenvalue weighted by Gasteiger charge is 2.23. The summed E-state index contributed by atoms with van der Waals surface area (Å²) in [6.07, 6.45) is 2.84. The Morgan fingerprint density at radius 2 is 2.35 bits per heavy atom. The molecular formula is C14H23NO2. The van der Waals surface area contributed by atoms with Crippen molar-refractivity contribution < 1.29 is 9.84 Å². The van der Waals surface area contributed by atoms with Crippen LogP contribution in [0.25, 0.3) is 0 Å². The average molecular weight is 237 g/mol. The number of ether oxygens (including phenoxy) is 1. The molecule has 3 heteroatoms. The first-order valence-electron chi connectivity index (χ1n) is 6.49. The molecular weight excluding hydrogens is 214 g/mol. The maximum atomic E-state index is 10.00. The van der Waals surface area contributed by atoms with Crippen LogP contribution in [0.15, 0.2) is 6.07 Å². The highest BCUT2D eigenvalue weighted by Crippen LogP contribution is 2.32. The van der Waals surface area contributed by atoms with Gasteiger partial charge in [-0.05, 0) is 38.2 Å². The van der Waals surface area contributed by atoms with Crippen molar-refractivity contribution in [3.63, 3.8) is 0 Å². The molecule has 0 spiro atoms. The Morgan fingerprint density at radius 3 is 3.06 bits per heavy atom. The van der Waals surface area contributed by atoms with Crippen LogP contribution in [0.5, 0.6) is 0 Å². The molecule has 0 saturated heterocycles. The van der Waals surface area contributed by atoms with E-state index in [1.165, 1.54) is 11.4 Å². The lowest BCUT2D eigenvalue weighted by molar-refractivity contribution is 0.147. The van der Waals surface area contributed by atoms with Gasteiger partial charge < -0.3 is 14.4 Å². The minimum atomic E-state index is -0.253. The van der Waals surface area contributed by atoms with Crippen molar-refractivity contribution in [3.8, 4) is 0 Å². The molecule has 3 nitrogen and oxygen atoms in total. The zero-order valence-corrected chi connectivity index (χ0v) is 11.1. The fourth-order valence-corrected chi connectivity index (χ4v) is 2.84. The summed E-state index contributed by atoms with van der Waals surface area (Å²) in [5, 5.41) is 10.00. The summed E-state index contributed by atoms with van der Waals surface area (Å²) in [5.41, 5.74) is 3.75. The van der Waals surface area contributed by atoms with Crippen LogP contribution < -0.4 is 0 Å². The second-order valence-corrected chi connectivity index (χ2v) is 5.27. The first kappa shape index (κ1) is 12.7. The summed E-state index contributed by atoms with van der Waals surface area (Å²) >= 11 is 0. The quantitative estimate of drug-likeness (QED) is 0.873. The van der Waals surface area contributed by atoms with Crippen molar-refractivity contribution >= 4 is 0 Å². The van der Waals surface area contributed by atoms with Crippen molar-refractivity contribution in [2.24, 2.45) is 5.92 Å². The average Bonchev–Trinajstić information content (AvgIpc) is 2.58. The summed E-state index contributed by atoms with van der Waals surface area (Å²) in [7, 11) is 1.75. The monoisotopic (exact) mass is 237 g/mol. The molecule has 1 aromatic heterocycles. The third-order valence-electron chi connectivity index (χ3n) is 3.64. The van der Waals surface area contributed by atoms with Gasteiger partial charge in [0.2, 0.25) is 0 Å². The summed E-state index contributed by atoms with van der Waals surface area (Å²) in [4.78, 5) is 0. The van der Waals surface area contributed by atoms with E-state index in [1.807, 2.05) is 0 Å². The maximum Gasteiger partial charge on any atom is 0.0807 e. The summed E-state index contributed by atoms with van der Waals surface area (Å²) in [6.45, 7) is 6.11. The normalized spacial score (nSPS) is 21.3. The highest BCUT2D eigenvalue weighted by molar-refractivity contribution is 5.31. The number of fused-ring (bicyclic) bond motifs is 1. The van der Waals surface area contributed by atoms with E-state index in [0.717, 1.165) is 38.0 Å². The van der Waals surface area contributed by atoms with Gasteiger partial charge in [-0.3, -0.25) is 0 Å². The Balaban J connectivity index is 2.22. The highest BCUT2D eigenvalue weighted by atomic mass is 16.5. The van der Waals surface area contributed by atoms with Crippen molar-refractivity contribution in [1.82, 2.24) is 4.57 Å². The van der Waals surface area contributed by atoms with Gasteiger partial charge in [-0.15, -0.1) is 0 Å². The summed E-state index contributed by atoms with van der Waals surface area (Å²) < 4.78 is 7.56. The first-order valence-corrected chi connectivity index (χ1v) is 6.49. The van der Waals surface area contributed by atoms with Gasteiger partial charge in [0.25, 0.3) is 0 Å². The van der Waals surface area contributed by atoms with Crippen molar-refractivity contribution in [1.29, 1.82) is 0 Å². The fraction of sp³-hybridized carbons (Fsp3) is 0.714. The molecule has 2 unspecified atom stereocenters. The smallest absolute Gasteiger partial charge is 0.0807 e. The van der Waals surface area contributed by atoms with E-state index in [2.05, 4.69) is 24.5 Å². The van der Waals surface area contributed by atoms with E-state index in [9.17, 15) is 5.11 Å². The number of rotatable bonds is 4. The minimum absolute atomic E-state index is 0.253. The number of nitrogens with zero attached hydrogens (tertiary/aromatic N) is 1. The maximum absolute atomic E-state index is 10.00. The van der Waals surface area contributed by atoms with Gasteiger partial charge >= 0.3 is 0 Å². The molecule has 96 valence electrons. The molecule has 1 aliphatic rings. The molecule has 0 radical (unpaired) electrons. The van der Waals surface area contributed by atoms with E-state index in [4.69, 9.17) is 4.74 Å². The second kappa shape index (κ2) is 5.23. The van der Waals surface area contributed by atoms with E-state index in [-0.39, 0.29) is 6.10 Å². The van der Waals surface area contributed by atoms with E-state index in [0.29, 0.717) is 5.92 Å². The Kier molecular flexibility index (Phi) is 3.89. The molecule has 1 heterocycles. The molecule has 2 atom stereocenters. The van der Waals surface area contributed by atoms with Crippen molar-refractivity contribution in [2.75, 3.05) is 13.7 Å². The zero-order valence-electron chi connectivity index (χ0n) is 11.1. The molecule has 17 heavy (non-hydrogen) atoms. The van der Waals surface area contributed by atoms with Gasteiger partial charge in [-0.25, -0.2) is 0 Å². The molecule has 0 fully saturated rings. The molecule has 2 rings (SSSR count). The standard InChI is InChI=1S/C14H23NO2/c1-10(9-17-3)8-15-11(2)7-12-13(15)5-4-6-14(12)16/h7,10,14,16H,4-6,8-9H2,1-3H3. The summed E-state index contributed by atoms with van der Waals surface area (Å²) in [6, 6.07) is 2.15. The molecule has 0 bridgehead atoms. The zero-order chi connectivity index (χ0) is 12.4. The predicted octanol–water partition coefficient (Wildman–Crippen LogP) is 2.45. The third-order valence-corrected chi connectivity index (χ3v) is 3.64. The van der Waals surface area contributed by atoms with Crippen LogP contribution in [0, 0.1) is 12.8 Å². The number of aliphatic hydroxyl groups is 1. The molecule has 0 aliphatic heterocycles. The molecule has 0 aromatic carbocycles. The van der Waals surface area contributed by atoms with Crippen LogP contribution in [0.2, 0.25) is 0 Å². The van der Waals surface area contributed by atoms with Crippen LogP contribution in [0.1, 0.15) is 42.8 Å². The lowest BCUT2D eigenvalue weighted by Gasteiger charge is -2.22. The first-order chi connectivity index (χ1) is 8.13. The third kappa shape index (κ3) is 2.55. The Labute approximate surface area is 103 Å². The van der Waals surface area contributed by atoms with Crippen LogP contribution in [0.3, 0.4) is 0 Å². The van der Waals surface area contributed by atoms with Gasteiger partial charge in [0, 0.05) is 30.6 Å². The molecule has 0 amide bonds. The van der Waals surface area contributed by atoms with Crippen molar-refractivity contribution in [2.45, 2.75) is 45.8 Å². The lowest BCUT2D eigenvalue weighted by Crippen LogP contribution is -2.18. The Bertz CT molecular complexity index is 384. The van der Waals surface area contributed by atoms with E-state index in [1.54, 1.807) is 7.11 Å². The number of aromatic nitrogens is 1. The van der Waals surface area contributed by atoms with Crippen molar-refractivity contribution in [3.05, 3.63) is 23.0 Å². The Morgan fingerprint density at radius 1 is 1.59 bits per heavy atom. The second-order valence-electron chi connectivity index (χ2n) is 5.27. The molecule has 1 N–H and O–H groups in total. The molecule has 1 aromatic rings. The number of hydrogen-bond donors (Lipinski definition) is 1. The largest absolute Gasteiger partial charge is 0.388 e. The van der Waals surface area contributed by atoms with Crippen LogP contribution in [-0.2, 0) is 17.7 Å². The van der Waals surface area contributed by atoms with E-state index >= 15 is 0 Å². The lowest BCUT2D eigenvalue weighted by atomic mass is 9.95. The van der Waals surface area contributed by atoms with Gasteiger partial charge in [0.15, 0.2) is 0 Å². The topological polar surface area (TPSA) is 34.4 Å². The van der Waals surface area contributed by atoms with Gasteiger partial charge in [0.1, 0.15) is 0 Å². The molecule has 1 aliphatic carbocycles. The molecule has 0 saturated carbocycles. The van der Waals surface area contributed by atoms with Crippen LogP contribution >= 0.6 is 0 Å². The number of aliphatic hydroxyl groups excluding tert-OH is 1. The minimum Gasteiger partial charge on any atom is -0.388 e.